The molecule has 1 atom stereocenters. The molecule has 1 unspecified atom stereocenters. The van der Waals surface area contributed by atoms with Crippen LogP contribution in [-0.4, -0.2) is 20.7 Å². The Morgan fingerprint density at radius 3 is 2.57 bits per heavy atom. The molecule has 1 rings (SSSR count). The molecule has 0 fully saturated rings. The van der Waals surface area contributed by atoms with Gasteiger partial charge in [0.15, 0.2) is 0 Å². The van der Waals surface area contributed by atoms with Gasteiger partial charge in [0.2, 0.25) is 0 Å². The fraction of sp³-hybridized carbons (Fsp3) is 0.417. The van der Waals surface area contributed by atoms with Crippen LogP contribution in [0, 0.1) is 0 Å². The molecule has 1 nitrogen and oxygen atoms in total. The Hall–Kier alpha value is -0.591. The Kier molecular flexibility index (Phi) is 4.92. The predicted octanol–water partition coefficient (Wildman–Crippen LogP) is 3.21. The predicted molar refractivity (Wildman–Crippen MR) is 61.0 cm³/mol. The van der Waals surface area contributed by atoms with Crippen LogP contribution in [0.25, 0.3) is 0 Å². The van der Waals surface area contributed by atoms with E-state index in [9.17, 15) is 4.79 Å². The van der Waals surface area contributed by atoms with E-state index >= 15 is 0 Å². The van der Waals surface area contributed by atoms with E-state index in [2.05, 4.69) is 13.8 Å². The third-order valence-corrected chi connectivity index (χ3v) is 4.96. The molecule has 0 aromatic heterocycles. The van der Waals surface area contributed by atoms with Gasteiger partial charge in [0.1, 0.15) is 0 Å². The van der Waals surface area contributed by atoms with Crippen molar-refractivity contribution in [2.45, 2.75) is 30.4 Å². The minimum atomic E-state index is 0.297. The first-order chi connectivity index (χ1) is 6.74. The van der Waals surface area contributed by atoms with Gasteiger partial charge in [-0.1, -0.05) is 0 Å². The van der Waals surface area contributed by atoms with Gasteiger partial charge in [0.05, 0.1) is 0 Å². The van der Waals surface area contributed by atoms with Crippen LogP contribution in [0.15, 0.2) is 30.3 Å². The molecule has 0 saturated heterocycles. The van der Waals surface area contributed by atoms with Gasteiger partial charge in [-0.25, -0.2) is 0 Å². The molecule has 0 aliphatic rings. The average molecular weight is 255 g/mol. The molecule has 0 N–H and O–H groups in total. The summed E-state index contributed by atoms with van der Waals surface area (Å²) in [4.78, 5) is 12.4. The summed E-state index contributed by atoms with van der Waals surface area (Å²) in [6, 6.07) is 9.58. The Morgan fingerprint density at radius 2 is 2.00 bits per heavy atom. The van der Waals surface area contributed by atoms with Crippen LogP contribution in [-0.2, 0) is 0 Å². The fourth-order valence-corrected chi connectivity index (χ4v) is 2.80. The normalized spacial score (nSPS) is 12.4. The molecular weight excluding hydrogens is 239 g/mol. The van der Waals surface area contributed by atoms with Crippen molar-refractivity contribution in [3.63, 3.8) is 0 Å². The van der Waals surface area contributed by atoms with Crippen LogP contribution in [0.1, 0.15) is 30.6 Å². The number of carbonyl (C=O) groups is 1. The van der Waals surface area contributed by atoms with Gasteiger partial charge >= 0.3 is 91.8 Å². The summed E-state index contributed by atoms with van der Waals surface area (Å²) in [5.74, 6) is 0.297. The summed E-state index contributed by atoms with van der Waals surface area (Å²) in [6.07, 6.45) is 1.18. The molecule has 0 radical (unpaired) electrons. The summed E-state index contributed by atoms with van der Waals surface area (Å²) in [5.41, 5.74) is 0.859. The number of carbonyl (C=O) groups excluding carboxylic acids is 1. The summed E-state index contributed by atoms with van der Waals surface area (Å²) in [6.45, 7) is 4.40. The molecule has 1 aromatic rings. The van der Waals surface area contributed by atoms with Crippen LogP contribution < -0.4 is 0 Å². The minimum absolute atomic E-state index is 0.297. The molecule has 0 saturated carbocycles. The van der Waals surface area contributed by atoms with Gasteiger partial charge in [-0.05, 0) is 0 Å². The quantitative estimate of drug-likeness (QED) is 0.583. The maximum absolute atomic E-state index is 11.7. The van der Waals surface area contributed by atoms with Crippen LogP contribution in [0.2, 0.25) is 10.1 Å². The standard InChI is InChI=1S/C12H16OSe/c1-3-10(2)14-9-12(13)11-7-5-4-6-8-11/h4-8,10H,3,9H2,1-2H3. The molecule has 76 valence electrons. The summed E-state index contributed by atoms with van der Waals surface area (Å²) in [5, 5.41) is 0.742. The van der Waals surface area contributed by atoms with Crippen LogP contribution >= 0.6 is 0 Å². The van der Waals surface area contributed by atoms with E-state index in [0.29, 0.717) is 20.7 Å². The van der Waals surface area contributed by atoms with Crippen molar-refractivity contribution in [1.82, 2.24) is 0 Å². The Bertz CT molecular complexity index is 282. The van der Waals surface area contributed by atoms with Crippen molar-refractivity contribution in [2.24, 2.45) is 0 Å². The van der Waals surface area contributed by atoms with Crippen LogP contribution in [0.5, 0.6) is 0 Å². The number of hydrogen-bond acceptors (Lipinski definition) is 1. The van der Waals surface area contributed by atoms with Crippen molar-refractivity contribution in [3.05, 3.63) is 35.9 Å². The second kappa shape index (κ2) is 6.00. The van der Waals surface area contributed by atoms with Crippen LogP contribution in [0.3, 0.4) is 0 Å². The molecule has 1 aromatic carbocycles. The van der Waals surface area contributed by atoms with Crippen molar-refractivity contribution in [3.8, 4) is 0 Å². The SMILES string of the molecule is CCC(C)[Se]CC(=O)c1ccccc1. The molecule has 0 bridgehead atoms. The van der Waals surface area contributed by atoms with Crippen molar-refractivity contribution in [1.29, 1.82) is 0 Å². The number of benzene rings is 1. The first kappa shape index (κ1) is 11.5. The third kappa shape index (κ3) is 3.65. The zero-order valence-corrected chi connectivity index (χ0v) is 10.4. The summed E-state index contributed by atoms with van der Waals surface area (Å²) < 4.78 is 0. The number of rotatable bonds is 5. The van der Waals surface area contributed by atoms with E-state index in [1.807, 2.05) is 30.3 Å². The first-order valence-electron chi connectivity index (χ1n) is 4.94. The topological polar surface area (TPSA) is 17.1 Å². The van der Waals surface area contributed by atoms with Crippen molar-refractivity contribution >= 4 is 20.7 Å². The number of hydrogen-bond donors (Lipinski definition) is 0. The van der Waals surface area contributed by atoms with Crippen molar-refractivity contribution in [2.75, 3.05) is 0 Å². The van der Waals surface area contributed by atoms with Crippen molar-refractivity contribution < 1.29 is 4.79 Å². The zero-order valence-electron chi connectivity index (χ0n) is 8.69. The fourth-order valence-electron chi connectivity index (χ4n) is 1.04. The summed E-state index contributed by atoms with van der Waals surface area (Å²) in [7, 11) is 0. The van der Waals surface area contributed by atoms with E-state index in [0.717, 1.165) is 15.7 Å². The summed E-state index contributed by atoms with van der Waals surface area (Å²) >= 11 is 0.460. The Labute approximate surface area is 92.1 Å². The van der Waals surface area contributed by atoms with Gasteiger partial charge in [0, 0.05) is 0 Å². The molecule has 0 aliphatic heterocycles. The monoisotopic (exact) mass is 256 g/mol. The molecule has 0 spiro atoms. The number of Topliss-reactive ketones (excluding diaryl/α,β-unsaturated/α-hetero) is 1. The van der Waals surface area contributed by atoms with E-state index in [-0.39, 0.29) is 0 Å². The van der Waals surface area contributed by atoms with Gasteiger partial charge < -0.3 is 0 Å². The molecule has 14 heavy (non-hydrogen) atoms. The first-order valence-corrected chi connectivity index (χ1v) is 7.14. The van der Waals surface area contributed by atoms with Gasteiger partial charge in [-0.2, -0.15) is 0 Å². The Balaban J connectivity index is 2.44. The second-order valence-corrected chi connectivity index (χ2v) is 6.31. The average Bonchev–Trinajstić information content (AvgIpc) is 2.26. The van der Waals surface area contributed by atoms with Crippen LogP contribution in [0.4, 0.5) is 0 Å². The molecule has 0 amide bonds. The zero-order chi connectivity index (χ0) is 10.4. The van der Waals surface area contributed by atoms with Gasteiger partial charge in [-0.3, -0.25) is 0 Å². The molecular formula is C12H16OSe. The molecule has 0 heterocycles. The number of ketones is 1. The Morgan fingerprint density at radius 1 is 1.36 bits per heavy atom. The van der Waals surface area contributed by atoms with E-state index in [1.165, 1.54) is 6.42 Å². The van der Waals surface area contributed by atoms with E-state index in [4.69, 9.17) is 0 Å². The molecule has 0 aliphatic carbocycles. The van der Waals surface area contributed by atoms with E-state index < -0.39 is 0 Å². The van der Waals surface area contributed by atoms with Gasteiger partial charge in [0.25, 0.3) is 0 Å². The van der Waals surface area contributed by atoms with E-state index in [1.54, 1.807) is 0 Å². The second-order valence-electron chi connectivity index (χ2n) is 3.32. The molecule has 2 heteroatoms. The third-order valence-electron chi connectivity index (χ3n) is 2.17. The van der Waals surface area contributed by atoms with Gasteiger partial charge in [-0.15, -0.1) is 0 Å². The maximum atomic E-state index is 11.7.